The molecular weight excluding hydrogens is 280 g/mol. The van der Waals surface area contributed by atoms with Gasteiger partial charge in [0.15, 0.2) is 5.65 Å². The third kappa shape index (κ3) is 3.23. The molecule has 0 radical (unpaired) electrons. The number of hydrogen-bond donors (Lipinski definition) is 1. The van der Waals surface area contributed by atoms with Crippen LogP contribution in [0.1, 0.15) is 12.7 Å². The number of nitrogens with zero attached hydrogens (tertiary/aromatic N) is 5. The molecule has 2 aromatic rings. The van der Waals surface area contributed by atoms with Gasteiger partial charge in [0, 0.05) is 13.6 Å². The van der Waals surface area contributed by atoms with Crippen molar-refractivity contribution >= 4 is 28.5 Å². The van der Waals surface area contributed by atoms with Gasteiger partial charge >= 0.3 is 0 Å². The van der Waals surface area contributed by atoms with Crippen LogP contribution in [0.4, 0.5) is 0 Å². The average Bonchev–Trinajstić information content (AvgIpc) is 2.71. The monoisotopic (exact) mass is 296 g/mol. The highest BCUT2D eigenvalue weighted by Crippen LogP contribution is 2.19. The first kappa shape index (κ1) is 14.7. The van der Waals surface area contributed by atoms with E-state index >= 15 is 0 Å². The van der Waals surface area contributed by atoms with Gasteiger partial charge in [-0.2, -0.15) is 5.10 Å². The minimum absolute atomic E-state index is 0.0253. The zero-order chi connectivity index (χ0) is 14.7. The molecule has 7 nitrogen and oxygen atoms in total. The van der Waals surface area contributed by atoms with Crippen molar-refractivity contribution < 1.29 is 4.79 Å². The van der Waals surface area contributed by atoms with Crippen molar-refractivity contribution in [2.75, 3.05) is 20.1 Å². The van der Waals surface area contributed by atoms with E-state index in [1.165, 1.54) is 0 Å². The number of carbonyl (C=O) groups excluding carboxylic acids is 1. The number of carbonyl (C=O) groups is 1. The van der Waals surface area contributed by atoms with Crippen molar-refractivity contribution in [3.8, 4) is 0 Å². The highest BCUT2D eigenvalue weighted by molar-refractivity contribution is 6.33. The summed E-state index contributed by atoms with van der Waals surface area (Å²) in [5.41, 5.74) is 0.686. The second kappa shape index (κ2) is 6.15. The third-order valence-corrected chi connectivity index (χ3v) is 3.08. The quantitative estimate of drug-likeness (QED) is 0.817. The molecule has 0 aliphatic heterocycles. The van der Waals surface area contributed by atoms with Crippen LogP contribution in [0.5, 0.6) is 0 Å². The van der Waals surface area contributed by atoms with E-state index in [0.717, 1.165) is 5.39 Å². The van der Waals surface area contributed by atoms with Crippen LogP contribution in [-0.2, 0) is 18.4 Å². The van der Waals surface area contributed by atoms with E-state index in [1.54, 1.807) is 17.9 Å². The first-order valence-corrected chi connectivity index (χ1v) is 6.68. The van der Waals surface area contributed by atoms with Gasteiger partial charge in [0.05, 0.1) is 24.7 Å². The summed E-state index contributed by atoms with van der Waals surface area (Å²) in [7, 11) is 3.63. The molecule has 0 fully saturated rings. The molecule has 2 heterocycles. The van der Waals surface area contributed by atoms with Gasteiger partial charge in [0.2, 0.25) is 5.91 Å². The minimum Gasteiger partial charge on any atom is -0.355 e. The molecule has 1 amide bonds. The van der Waals surface area contributed by atoms with Gasteiger partial charge in [-0.1, -0.05) is 11.6 Å². The van der Waals surface area contributed by atoms with E-state index in [9.17, 15) is 4.79 Å². The number of halogens is 1. The molecule has 0 saturated carbocycles. The van der Waals surface area contributed by atoms with E-state index in [4.69, 9.17) is 11.6 Å². The molecule has 0 aliphatic carbocycles. The predicted molar refractivity (Wildman–Crippen MR) is 76.3 cm³/mol. The number of aromatic nitrogens is 4. The van der Waals surface area contributed by atoms with E-state index in [1.807, 2.05) is 18.9 Å². The van der Waals surface area contributed by atoms with Gasteiger partial charge in [-0.25, -0.2) is 9.97 Å². The number of amides is 1. The molecule has 0 unspecified atom stereocenters. The first-order valence-electron chi connectivity index (χ1n) is 6.30. The normalized spacial score (nSPS) is 11.2. The van der Waals surface area contributed by atoms with Gasteiger partial charge in [-0.3, -0.25) is 14.4 Å². The van der Waals surface area contributed by atoms with E-state index in [2.05, 4.69) is 20.4 Å². The van der Waals surface area contributed by atoms with Crippen LogP contribution in [0.25, 0.3) is 11.0 Å². The lowest BCUT2D eigenvalue weighted by Crippen LogP contribution is -2.35. The second-order valence-electron chi connectivity index (χ2n) is 4.56. The van der Waals surface area contributed by atoms with Crippen LogP contribution < -0.4 is 5.32 Å². The molecule has 0 atom stereocenters. The summed E-state index contributed by atoms with van der Waals surface area (Å²) in [5.74, 6) is 0.542. The molecule has 2 rings (SSSR count). The van der Waals surface area contributed by atoms with Crippen molar-refractivity contribution in [1.82, 2.24) is 30.0 Å². The SMILES string of the molecule is CCNC(=O)CN(C)Cc1nc(Cl)c2cnn(C)c2n1. The number of aryl methyl sites for hydroxylation is 1. The van der Waals surface area contributed by atoms with Crippen LogP contribution in [0, 0.1) is 0 Å². The second-order valence-corrected chi connectivity index (χ2v) is 4.92. The lowest BCUT2D eigenvalue weighted by Gasteiger charge is -2.15. The number of rotatable bonds is 5. The lowest BCUT2D eigenvalue weighted by molar-refractivity contribution is -0.121. The highest BCUT2D eigenvalue weighted by atomic mass is 35.5. The summed E-state index contributed by atoms with van der Waals surface area (Å²) < 4.78 is 1.65. The van der Waals surface area contributed by atoms with Crippen molar-refractivity contribution in [2.24, 2.45) is 7.05 Å². The fourth-order valence-electron chi connectivity index (χ4n) is 1.90. The minimum atomic E-state index is -0.0253. The highest BCUT2D eigenvalue weighted by Gasteiger charge is 2.12. The maximum Gasteiger partial charge on any atom is 0.234 e. The number of nitrogens with one attached hydrogen (secondary N) is 1. The Labute approximate surface area is 121 Å². The van der Waals surface area contributed by atoms with Crippen molar-refractivity contribution in [2.45, 2.75) is 13.5 Å². The van der Waals surface area contributed by atoms with Crippen molar-refractivity contribution in [1.29, 1.82) is 0 Å². The summed E-state index contributed by atoms with van der Waals surface area (Å²) >= 11 is 6.11. The van der Waals surface area contributed by atoms with Crippen LogP contribution in [0.3, 0.4) is 0 Å². The van der Waals surface area contributed by atoms with Crippen LogP contribution in [0.2, 0.25) is 5.15 Å². The molecule has 2 aromatic heterocycles. The Morgan fingerprint density at radius 1 is 1.50 bits per heavy atom. The summed E-state index contributed by atoms with van der Waals surface area (Å²) in [6.07, 6.45) is 1.64. The fourth-order valence-corrected chi connectivity index (χ4v) is 2.13. The van der Waals surface area contributed by atoms with Crippen molar-refractivity contribution in [3.05, 3.63) is 17.2 Å². The average molecular weight is 297 g/mol. The Morgan fingerprint density at radius 3 is 2.95 bits per heavy atom. The Balaban J connectivity index is 2.13. The van der Waals surface area contributed by atoms with Gasteiger partial charge in [0.1, 0.15) is 11.0 Å². The smallest absolute Gasteiger partial charge is 0.234 e. The molecule has 0 bridgehead atoms. The van der Waals surface area contributed by atoms with Gasteiger partial charge in [-0.05, 0) is 14.0 Å². The van der Waals surface area contributed by atoms with Crippen LogP contribution in [-0.4, -0.2) is 50.7 Å². The summed E-state index contributed by atoms with van der Waals surface area (Å²) in [5, 5.41) is 7.95. The molecule has 0 aromatic carbocycles. The van der Waals surface area contributed by atoms with Crippen LogP contribution >= 0.6 is 11.6 Å². The maximum absolute atomic E-state index is 11.5. The lowest BCUT2D eigenvalue weighted by atomic mass is 10.4. The van der Waals surface area contributed by atoms with Gasteiger partial charge in [-0.15, -0.1) is 0 Å². The fraction of sp³-hybridized carbons (Fsp3) is 0.500. The molecule has 8 heteroatoms. The molecule has 0 aliphatic rings. The maximum atomic E-state index is 11.5. The number of hydrogen-bond acceptors (Lipinski definition) is 5. The zero-order valence-electron chi connectivity index (χ0n) is 11.7. The largest absolute Gasteiger partial charge is 0.355 e. The molecular formula is C12H17ClN6O. The molecule has 20 heavy (non-hydrogen) atoms. The first-order chi connectivity index (χ1) is 9.51. The Kier molecular flexibility index (Phi) is 4.51. The molecule has 0 spiro atoms. The Morgan fingerprint density at radius 2 is 2.25 bits per heavy atom. The summed E-state index contributed by atoms with van der Waals surface area (Å²) in [6, 6.07) is 0. The Bertz CT molecular complexity index is 626. The van der Waals surface area contributed by atoms with E-state index in [0.29, 0.717) is 29.7 Å². The van der Waals surface area contributed by atoms with Gasteiger partial charge < -0.3 is 5.32 Å². The Hall–Kier alpha value is -1.73. The molecule has 0 saturated heterocycles. The van der Waals surface area contributed by atoms with Crippen LogP contribution in [0.15, 0.2) is 6.20 Å². The molecule has 1 N–H and O–H groups in total. The van der Waals surface area contributed by atoms with E-state index in [-0.39, 0.29) is 12.5 Å². The topological polar surface area (TPSA) is 75.9 Å². The van der Waals surface area contributed by atoms with Crippen molar-refractivity contribution in [3.63, 3.8) is 0 Å². The standard InChI is InChI=1S/C12H17ClN6O/c1-4-14-10(20)7-18(2)6-9-16-11(13)8-5-15-19(3)12(8)17-9/h5H,4,6-7H2,1-3H3,(H,14,20). The summed E-state index contributed by atoms with van der Waals surface area (Å²) in [6.45, 7) is 3.24. The number of fused-ring (bicyclic) bond motifs is 1. The van der Waals surface area contributed by atoms with Gasteiger partial charge in [0.25, 0.3) is 0 Å². The predicted octanol–water partition coefficient (Wildman–Crippen LogP) is 0.585. The summed E-state index contributed by atoms with van der Waals surface area (Å²) in [4.78, 5) is 22.0. The zero-order valence-corrected chi connectivity index (χ0v) is 12.5. The third-order valence-electron chi connectivity index (χ3n) is 2.79. The van der Waals surface area contributed by atoms with E-state index < -0.39 is 0 Å². The molecule has 108 valence electrons. The number of likely N-dealkylation sites (N-methyl/N-ethyl adjacent to an activating group) is 2.